The number of nitrogens with one attached hydrogen (secondary N) is 2. The highest BCUT2D eigenvalue weighted by atomic mass is 32.1. The minimum atomic E-state index is -1.22. The fourth-order valence-corrected chi connectivity index (χ4v) is 2.56. The highest BCUT2D eigenvalue weighted by Crippen LogP contribution is 2.19. The Morgan fingerprint density at radius 1 is 1.19 bits per heavy atom. The molecule has 8 nitrogen and oxygen atoms in total. The molecule has 0 spiro atoms. The second-order valence-corrected chi connectivity index (χ2v) is 5.60. The normalized spacial score (nSPS) is 17.3. The topological polar surface area (TPSA) is 104 Å². The number of carbonyl (C=O) groups excluding carboxylic acids is 3. The molecule has 0 unspecified atom stereocenters. The van der Waals surface area contributed by atoms with Crippen molar-refractivity contribution < 1.29 is 14.4 Å². The van der Waals surface area contributed by atoms with E-state index in [4.69, 9.17) is 12.2 Å². The molecular formula is C17H13N5O3S. The van der Waals surface area contributed by atoms with Gasteiger partial charge in [0.25, 0.3) is 11.8 Å². The van der Waals surface area contributed by atoms with Crippen LogP contribution in [0.15, 0.2) is 59.8 Å². The number of carbonyl (C=O) groups is 3. The summed E-state index contributed by atoms with van der Waals surface area (Å²) >= 11 is 5.08. The number of rotatable bonds is 4. The molecule has 1 aliphatic heterocycles. The molecule has 1 aromatic heterocycles. The zero-order chi connectivity index (χ0) is 18.5. The molecule has 1 aromatic carbocycles. The fourth-order valence-electron chi connectivity index (χ4n) is 2.27. The highest BCUT2D eigenvalue weighted by Gasteiger charge is 2.38. The molecule has 130 valence electrons. The third-order valence-corrected chi connectivity index (χ3v) is 3.79. The van der Waals surface area contributed by atoms with Crippen LogP contribution in [0.1, 0.15) is 10.5 Å². The molecule has 0 bridgehead atoms. The van der Waals surface area contributed by atoms with Gasteiger partial charge < -0.3 is 5.32 Å². The largest absolute Gasteiger partial charge is 0.301 e. The lowest BCUT2D eigenvalue weighted by Crippen LogP contribution is -2.58. The highest BCUT2D eigenvalue weighted by molar-refractivity contribution is 7.80. The first kappa shape index (κ1) is 17.4. The van der Waals surface area contributed by atoms with E-state index >= 15 is 0 Å². The Balaban J connectivity index is 1.74. The number of benzene rings is 1. The Hall–Kier alpha value is -3.46. The SMILES string of the molecule is O=C(N/N=C\[C@H]1C(=O)NC(=S)N(c2ccccc2)C1=O)c1ccccn1. The van der Waals surface area contributed by atoms with Gasteiger partial charge in [-0.3, -0.25) is 24.3 Å². The summed E-state index contributed by atoms with van der Waals surface area (Å²) in [5, 5.41) is 6.16. The first-order chi connectivity index (χ1) is 12.6. The van der Waals surface area contributed by atoms with Crippen molar-refractivity contribution >= 4 is 47.0 Å². The summed E-state index contributed by atoms with van der Waals surface area (Å²) in [6.45, 7) is 0. The lowest BCUT2D eigenvalue weighted by Gasteiger charge is -2.30. The Morgan fingerprint density at radius 3 is 2.62 bits per heavy atom. The molecule has 2 aromatic rings. The molecule has 1 saturated heterocycles. The number of anilines is 1. The first-order valence-corrected chi connectivity index (χ1v) is 7.97. The molecule has 3 amide bonds. The van der Waals surface area contributed by atoms with E-state index in [-0.39, 0.29) is 10.8 Å². The molecule has 0 aliphatic carbocycles. The molecule has 2 N–H and O–H groups in total. The van der Waals surface area contributed by atoms with E-state index in [1.165, 1.54) is 17.2 Å². The minimum Gasteiger partial charge on any atom is -0.301 e. The first-order valence-electron chi connectivity index (χ1n) is 7.56. The Labute approximate surface area is 153 Å². The van der Waals surface area contributed by atoms with E-state index in [0.29, 0.717) is 5.69 Å². The average molecular weight is 367 g/mol. The van der Waals surface area contributed by atoms with Crippen LogP contribution >= 0.6 is 12.2 Å². The number of thiocarbonyl (C=S) groups is 1. The zero-order valence-electron chi connectivity index (χ0n) is 13.3. The van der Waals surface area contributed by atoms with Crippen molar-refractivity contribution in [2.75, 3.05) is 4.90 Å². The van der Waals surface area contributed by atoms with Gasteiger partial charge in [0.05, 0.1) is 5.69 Å². The van der Waals surface area contributed by atoms with Crippen molar-refractivity contribution in [1.29, 1.82) is 0 Å². The average Bonchev–Trinajstić information content (AvgIpc) is 2.65. The van der Waals surface area contributed by atoms with Gasteiger partial charge >= 0.3 is 0 Å². The standard InChI is InChI=1S/C17H13N5O3S/c23-14-12(10-19-21-15(24)13-8-4-5-9-18-13)16(25)22(17(26)20-14)11-6-2-1-3-7-11/h1-10,12H,(H,21,24)(H,20,23,26)/b19-10-/t12-/m0/s1. The Kier molecular flexibility index (Phi) is 5.09. The van der Waals surface area contributed by atoms with Crippen LogP contribution in [0.2, 0.25) is 0 Å². The number of hydrogen-bond donors (Lipinski definition) is 2. The van der Waals surface area contributed by atoms with Gasteiger partial charge in [0, 0.05) is 12.4 Å². The van der Waals surface area contributed by atoms with Crippen LogP contribution in [-0.2, 0) is 9.59 Å². The number of hydrazone groups is 1. The summed E-state index contributed by atoms with van der Waals surface area (Å²) in [4.78, 5) is 41.7. The van der Waals surface area contributed by atoms with Gasteiger partial charge in [-0.1, -0.05) is 24.3 Å². The van der Waals surface area contributed by atoms with E-state index in [9.17, 15) is 14.4 Å². The van der Waals surface area contributed by atoms with Crippen molar-refractivity contribution in [3.63, 3.8) is 0 Å². The van der Waals surface area contributed by atoms with Gasteiger partial charge in [0.2, 0.25) is 5.91 Å². The maximum Gasteiger partial charge on any atom is 0.289 e. The predicted octanol–water partition coefficient (Wildman–Crippen LogP) is 0.861. The zero-order valence-corrected chi connectivity index (χ0v) is 14.1. The van der Waals surface area contributed by atoms with Gasteiger partial charge in [-0.15, -0.1) is 0 Å². The van der Waals surface area contributed by atoms with Crippen LogP contribution < -0.4 is 15.6 Å². The fraction of sp³-hybridized carbons (Fsp3) is 0.0588. The molecule has 2 heterocycles. The van der Waals surface area contributed by atoms with Crippen LogP contribution in [0.4, 0.5) is 5.69 Å². The van der Waals surface area contributed by atoms with Crippen molar-refractivity contribution in [2.24, 2.45) is 11.0 Å². The lowest BCUT2D eigenvalue weighted by atomic mass is 10.1. The van der Waals surface area contributed by atoms with E-state index in [1.54, 1.807) is 42.5 Å². The van der Waals surface area contributed by atoms with Crippen molar-refractivity contribution in [3.8, 4) is 0 Å². The molecule has 1 atom stereocenters. The number of hydrogen-bond acceptors (Lipinski definition) is 6. The van der Waals surface area contributed by atoms with Crippen LogP contribution in [-0.4, -0.2) is 34.0 Å². The third-order valence-electron chi connectivity index (χ3n) is 3.50. The van der Waals surface area contributed by atoms with Crippen LogP contribution in [0.25, 0.3) is 0 Å². The summed E-state index contributed by atoms with van der Waals surface area (Å²) in [6.07, 6.45) is 2.53. The molecule has 9 heteroatoms. The van der Waals surface area contributed by atoms with Gasteiger partial charge in [-0.05, 0) is 36.5 Å². The van der Waals surface area contributed by atoms with Crippen molar-refractivity contribution in [3.05, 3.63) is 60.4 Å². The quantitative estimate of drug-likeness (QED) is 0.361. The van der Waals surface area contributed by atoms with E-state index < -0.39 is 23.6 Å². The number of amides is 3. The predicted molar refractivity (Wildman–Crippen MR) is 98.4 cm³/mol. The summed E-state index contributed by atoms with van der Waals surface area (Å²) in [6, 6.07) is 13.5. The second-order valence-electron chi connectivity index (χ2n) is 5.22. The summed E-state index contributed by atoms with van der Waals surface area (Å²) in [7, 11) is 0. The second kappa shape index (κ2) is 7.62. The van der Waals surface area contributed by atoms with Gasteiger partial charge in [-0.25, -0.2) is 5.43 Å². The molecule has 26 heavy (non-hydrogen) atoms. The molecule has 0 radical (unpaired) electrons. The van der Waals surface area contributed by atoms with Crippen molar-refractivity contribution in [1.82, 2.24) is 15.7 Å². The minimum absolute atomic E-state index is 0.00614. The molecule has 3 rings (SSSR count). The number of aromatic nitrogens is 1. The van der Waals surface area contributed by atoms with Gasteiger partial charge in [-0.2, -0.15) is 5.10 Å². The molecular weight excluding hydrogens is 354 g/mol. The van der Waals surface area contributed by atoms with E-state index in [1.807, 2.05) is 0 Å². The van der Waals surface area contributed by atoms with Crippen molar-refractivity contribution in [2.45, 2.75) is 0 Å². The third kappa shape index (κ3) is 3.62. The van der Waals surface area contributed by atoms with Crippen LogP contribution in [0, 0.1) is 5.92 Å². The van der Waals surface area contributed by atoms with E-state index in [0.717, 1.165) is 6.21 Å². The monoisotopic (exact) mass is 367 g/mol. The molecule has 1 aliphatic rings. The smallest absolute Gasteiger partial charge is 0.289 e. The maximum absolute atomic E-state index is 12.7. The Bertz CT molecular complexity index is 886. The Morgan fingerprint density at radius 2 is 1.92 bits per heavy atom. The summed E-state index contributed by atoms with van der Waals surface area (Å²) in [5.41, 5.74) is 2.93. The van der Waals surface area contributed by atoms with Gasteiger partial charge in [0.15, 0.2) is 11.0 Å². The van der Waals surface area contributed by atoms with Crippen LogP contribution in [0.3, 0.4) is 0 Å². The maximum atomic E-state index is 12.7. The summed E-state index contributed by atoms with van der Waals surface area (Å²) < 4.78 is 0. The molecule has 1 fully saturated rings. The van der Waals surface area contributed by atoms with Gasteiger partial charge in [0.1, 0.15) is 5.69 Å². The molecule has 0 saturated carbocycles. The van der Waals surface area contributed by atoms with Crippen LogP contribution in [0.5, 0.6) is 0 Å². The van der Waals surface area contributed by atoms with E-state index in [2.05, 4.69) is 20.8 Å². The summed E-state index contributed by atoms with van der Waals surface area (Å²) in [5.74, 6) is -2.93. The number of pyridine rings is 1. The number of nitrogens with zero attached hydrogens (tertiary/aromatic N) is 3. The number of para-hydroxylation sites is 1. The lowest BCUT2D eigenvalue weighted by molar-refractivity contribution is -0.130.